The number of benzene rings is 4. The van der Waals surface area contributed by atoms with E-state index in [1.165, 1.54) is 10.9 Å². The Labute approximate surface area is 244 Å². The minimum absolute atomic E-state index is 0.192. The molecule has 0 saturated carbocycles. The predicted octanol–water partition coefficient (Wildman–Crippen LogP) is 5.54. The van der Waals surface area contributed by atoms with Crippen LogP contribution in [0.4, 0.5) is 11.4 Å². The highest BCUT2D eigenvalue weighted by atomic mass is 35.5. The van der Waals surface area contributed by atoms with E-state index in [4.69, 9.17) is 28.8 Å². The van der Waals surface area contributed by atoms with E-state index in [-0.39, 0.29) is 4.90 Å². The van der Waals surface area contributed by atoms with Gasteiger partial charge in [-0.25, -0.2) is 8.42 Å². The molecule has 8 N–H and O–H groups in total. The van der Waals surface area contributed by atoms with Crippen LogP contribution >= 0.6 is 11.6 Å². The molecule has 0 atom stereocenters. The van der Waals surface area contributed by atoms with Gasteiger partial charge in [-0.05, 0) is 97.0 Å². The second-order valence-electron chi connectivity index (χ2n) is 9.92. The Morgan fingerprint density at radius 1 is 0.878 bits per heavy atom. The van der Waals surface area contributed by atoms with Crippen molar-refractivity contribution in [2.24, 2.45) is 18.5 Å². The molecule has 0 bridgehead atoms. The number of nitrogens with two attached hydrogens (primary N) is 3. The Morgan fingerprint density at radius 3 is 2.44 bits per heavy atom. The number of fused-ring (bicyclic) bond motifs is 3. The van der Waals surface area contributed by atoms with Crippen LogP contribution in [0.2, 0.25) is 5.02 Å². The average Bonchev–Trinajstić information content (AvgIpc) is 3.49. The molecule has 2 aromatic heterocycles. The van der Waals surface area contributed by atoms with Crippen LogP contribution in [-0.4, -0.2) is 31.1 Å². The zero-order chi connectivity index (χ0) is 29.1. The number of anilines is 2. The minimum atomic E-state index is -3.73. The molecule has 10 heteroatoms. The molecule has 0 radical (unpaired) electrons. The number of nitrogens with zero attached hydrogens (tertiary/aromatic N) is 1. The lowest BCUT2D eigenvalue weighted by Crippen LogP contribution is -2.12. The fourth-order valence-corrected chi connectivity index (χ4v) is 6.38. The first-order valence-corrected chi connectivity index (χ1v) is 15.1. The van der Waals surface area contributed by atoms with Crippen molar-refractivity contribution in [2.45, 2.75) is 17.7 Å². The molecular formula is C31H33ClN6O2S. The van der Waals surface area contributed by atoms with Gasteiger partial charge in [0.1, 0.15) is 0 Å². The van der Waals surface area contributed by atoms with E-state index in [1.807, 2.05) is 60.4 Å². The van der Waals surface area contributed by atoms with Crippen LogP contribution in [0.3, 0.4) is 0 Å². The van der Waals surface area contributed by atoms with Gasteiger partial charge in [-0.2, -0.15) is 0 Å². The van der Waals surface area contributed by atoms with E-state index < -0.39 is 10.0 Å². The maximum atomic E-state index is 12.9. The van der Waals surface area contributed by atoms with Crippen molar-refractivity contribution in [3.8, 4) is 0 Å². The summed E-state index contributed by atoms with van der Waals surface area (Å²) in [4.78, 5) is 3.38. The normalized spacial score (nSPS) is 11.6. The number of aromatic amines is 1. The molecule has 8 nitrogen and oxygen atoms in total. The van der Waals surface area contributed by atoms with Crippen LogP contribution in [0.1, 0.15) is 11.1 Å². The zero-order valence-electron chi connectivity index (χ0n) is 22.7. The third kappa shape index (κ3) is 6.03. The van der Waals surface area contributed by atoms with Crippen molar-refractivity contribution >= 4 is 65.6 Å². The highest BCUT2D eigenvalue weighted by Gasteiger charge is 2.16. The number of aromatic nitrogens is 2. The van der Waals surface area contributed by atoms with Gasteiger partial charge in [-0.1, -0.05) is 29.8 Å². The van der Waals surface area contributed by atoms with Gasteiger partial charge in [0.2, 0.25) is 0 Å². The molecule has 2 heterocycles. The molecular weight excluding hydrogens is 556 g/mol. The standard InChI is InChI=1S/C21H20ClN3O2S.C10H13N3/c1-25-13-15(9-10-23)19-12-16(5-8-21(19)25)24-28(26,27)17-6-7-18-14(11-17)3-2-4-20(18)22;11-4-3-7-6-13-10-2-1-8(12)5-9(7)10/h2-8,11-13,24H,9-10,23H2,1H3;1-2,5-6,13H,3-4,11-12H2. The van der Waals surface area contributed by atoms with Gasteiger partial charge >= 0.3 is 0 Å². The number of nitrogen functional groups attached to an aromatic ring is 1. The van der Waals surface area contributed by atoms with Crippen LogP contribution in [0.25, 0.3) is 32.6 Å². The molecule has 6 aromatic rings. The predicted molar refractivity (Wildman–Crippen MR) is 171 cm³/mol. The third-order valence-corrected chi connectivity index (χ3v) is 8.76. The van der Waals surface area contributed by atoms with Crippen molar-refractivity contribution in [3.05, 3.63) is 101 Å². The quantitative estimate of drug-likeness (QED) is 0.155. The van der Waals surface area contributed by atoms with Crippen molar-refractivity contribution in [1.29, 1.82) is 0 Å². The lowest BCUT2D eigenvalue weighted by Gasteiger charge is -2.10. The summed E-state index contributed by atoms with van der Waals surface area (Å²) in [5.41, 5.74) is 22.7. The maximum absolute atomic E-state index is 12.9. The molecule has 41 heavy (non-hydrogen) atoms. The number of halogens is 1. The summed E-state index contributed by atoms with van der Waals surface area (Å²) in [6.07, 6.45) is 5.66. The van der Waals surface area contributed by atoms with Crippen molar-refractivity contribution < 1.29 is 8.42 Å². The van der Waals surface area contributed by atoms with Crippen LogP contribution in [-0.2, 0) is 29.9 Å². The SMILES string of the molecule is Cn1cc(CCN)c2cc(NS(=O)(=O)c3ccc4c(Cl)cccc4c3)ccc21.NCCc1c[nH]c2ccc(N)cc12. The first kappa shape index (κ1) is 28.5. The first-order chi connectivity index (χ1) is 19.7. The van der Waals surface area contributed by atoms with Gasteiger partial charge in [0.15, 0.2) is 0 Å². The first-order valence-electron chi connectivity index (χ1n) is 13.2. The summed E-state index contributed by atoms with van der Waals surface area (Å²) in [5.74, 6) is 0. The second kappa shape index (κ2) is 11.8. The Balaban J connectivity index is 0.000000216. The molecule has 0 unspecified atom stereocenters. The lowest BCUT2D eigenvalue weighted by atomic mass is 10.1. The highest BCUT2D eigenvalue weighted by Crippen LogP contribution is 2.29. The highest BCUT2D eigenvalue weighted by molar-refractivity contribution is 7.92. The van der Waals surface area contributed by atoms with E-state index in [0.29, 0.717) is 23.8 Å². The van der Waals surface area contributed by atoms with Gasteiger partial charge < -0.3 is 26.8 Å². The molecule has 0 saturated heterocycles. The van der Waals surface area contributed by atoms with Crippen LogP contribution < -0.4 is 21.9 Å². The summed E-state index contributed by atoms with van der Waals surface area (Å²) in [6.45, 7) is 1.20. The number of sulfonamides is 1. The molecule has 0 amide bonds. The van der Waals surface area contributed by atoms with Crippen molar-refractivity contribution in [2.75, 3.05) is 23.5 Å². The molecule has 4 aromatic carbocycles. The number of aryl methyl sites for hydroxylation is 1. The smallest absolute Gasteiger partial charge is 0.261 e. The molecule has 212 valence electrons. The van der Waals surface area contributed by atoms with Gasteiger partial charge in [0.25, 0.3) is 10.0 Å². The molecule has 6 rings (SSSR count). The number of H-pyrrole nitrogens is 1. The largest absolute Gasteiger partial charge is 0.399 e. The Hall–Kier alpha value is -4.02. The summed E-state index contributed by atoms with van der Waals surface area (Å²) in [5, 5.41) is 4.37. The van der Waals surface area contributed by atoms with Gasteiger partial charge in [0.05, 0.1) is 4.90 Å². The van der Waals surface area contributed by atoms with Crippen LogP contribution in [0.15, 0.2) is 90.1 Å². The van der Waals surface area contributed by atoms with E-state index in [2.05, 4.69) is 9.71 Å². The fourth-order valence-electron chi connectivity index (χ4n) is 5.05. The summed E-state index contributed by atoms with van der Waals surface area (Å²) < 4.78 is 30.5. The number of nitrogens with one attached hydrogen (secondary N) is 2. The topological polar surface area (TPSA) is 145 Å². The molecule has 0 spiro atoms. The molecule has 0 aliphatic carbocycles. The Kier molecular flexibility index (Phi) is 8.23. The maximum Gasteiger partial charge on any atom is 0.261 e. The zero-order valence-corrected chi connectivity index (χ0v) is 24.3. The van der Waals surface area contributed by atoms with Gasteiger partial charge in [0, 0.05) is 63.0 Å². The molecule has 0 aliphatic heterocycles. The molecule has 0 aliphatic rings. The fraction of sp³-hybridized carbons (Fsp3) is 0.161. The second-order valence-corrected chi connectivity index (χ2v) is 12.0. The lowest BCUT2D eigenvalue weighted by molar-refractivity contribution is 0.601. The summed E-state index contributed by atoms with van der Waals surface area (Å²) >= 11 is 6.18. The monoisotopic (exact) mass is 588 g/mol. The van der Waals surface area contributed by atoms with E-state index in [9.17, 15) is 8.42 Å². The van der Waals surface area contributed by atoms with E-state index >= 15 is 0 Å². The third-order valence-electron chi connectivity index (χ3n) is 7.05. The average molecular weight is 589 g/mol. The number of rotatable bonds is 7. The van der Waals surface area contributed by atoms with Gasteiger partial charge in [-0.3, -0.25) is 4.72 Å². The van der Waals surface area contributed by atoms with E-state index in [0.717, 1.165) is 51.3 Å². The minimum Gasteiger partial charge on any atom is -0.399 e. The Morgan fingerprint density at radius 2 is 1.66 bits per heavy atom. The summed E-state index contributed by atoms with van der Waals surface area (Å²) in [7, 11) is -1.76. The van der Waals surface area contributed by atoms with Crippen LogP contribution in [0.5, 0.6) is 0 Å². The van der Waals surface area contributed by atoms with E-state index in [1.54, 1.807) is 36.4 Å². The molecule has 0 fully saturated rings. The van der Waals surface area contributed by atoms with Crippen molar-refractivity contribution in [1.82, 2.24) is 9.55 Å². The number of hydrogen-bond donors (Lipinski definition) is 5. The number of hydrogen-bond acceptors (Lipinski definition) is 5. The Bertz CT molecular complexity index is 1960. The van der Waals surface area contributed by atoms with Crippen molar-refractivity contribution in [3.63, 3.8) is 0 Å². The summed E-state index contributed by atoms with van der Waals surface area (Å²) in [6, 6.07) is 21.8. The van der Waals surface area contributed by atoms with Crippen LogP contribution in [0, 0.1) is 0 Å². The van der Waals surface area contributed by atoms with Gasteiger partial charge in [-0.15, -0.1) is 0 Å².